The van der Waals surface area contributed by atoms with Gasteiger partial charge < -0.3 is 9.64 Å². The summed E-state index contributed by atoms with van der Waals surface area (Å²) in [5, 5.41) is 0. The van der Waals surface area contributed by atoms with E-state index in [-0.39, 0.29) is 0 Å². The van der Waals surface area contributed by atoms with E-state index in [0.29, 0.717) is 17.9 Å². The van der Waals surface area contributed by atoms with E-state index >= 15 is 0 Å². The van der Waals surface area contributed by atoms with Crippen molar-refractivity contribution in [1.82, 2.24) is 4.90 Å². The molecular formula is C20H24N2O2. The van der Waals surface area contributed by atoms with E-state index in [9.17, 15) is 4.79 Å². The zero-order chi connectivity index (χ0) is 16.8. The second-order valence-electron chi connectivity index (χ2n) is 6.12. The molecule has 0 N–H and O–H groups in total. The predicted octanol–water partition coefficient (Wildman–Crippen LogP) is 3.01. The van der Waals surface area contributed by atoms with Gasteiger partial charge in [0.05, 0.1) is 5.56 Å². The molecule has 3 rings (SSSR count). The Hall–Kier alpha value is -2.33. The van der Waals surface area contributed by atoms with Crippen LogP contribution in [0.15, 0.2) is 48.5 Å². The Balaban J connectivity index is 1.46. The summed E-state index contributed by atoms with van der Waals surface area (Å²) in [6.45, 7) is 7.80. The van der Waals surface area contributed by atoms with Gasteiger partial charge in [0.2, 0.25) is 0 Å². The van der Waals surface area contributed by atoms with Gasteiger partial charge in [-0.25, -0.2) is 0 Å². The minimum absolute atomic E-state index is 0.606. The Kier molecular flexibility index (Phi) is 5.49. The molecule has 0 atom stereocenters. The summed E-state index contributed by atoms with van der Waals surface area (Å²) in [6.07, 6.45) is 0.844. The van der Waals surface area contributed by atoms with Gasteiger partial charge in [0.15, 0.2) is 6.29 Å². The minimum Gasteiger partial charge on any atom is -0.492 e. The Morgan fingerprint density at radius 1 is 1.00 bits per heavy atom. The van der Waals surface area contributed by atoms with E-state index in [0.717, 1.165) is 39.0 Å². The monoisotopic (exact) mass is 324 g/mol. The Morgan fingerprint density at radius 3 is 2.46 bits per heavy atom. The number of carbonyl (C=O) groups is 1. The molecule has 1 aliphatic rings. The number of carbonyl (C=O) groups excluding carboxylic acids is 1. The summed E-state index contributed by atoms with van der Waals surface area (Å²) in [4.78, 5) is 15.9. The first-order valence-electron chi connectivity index (χ1n) is 8.48. The Bertz CT molecular complexity index is 679. The minimum atomic E-state index is 0.606. The third-order valence-corrected chi connectivity index (χ3v) is 4.54. The summed E-state index contributed by atoms with van der Waals surface area (Å²) in [5.74, 6) is 0.672. The van der Waals surface area contributed by atoms with Crippen LogP contribution in [-0.2, 0) is 0 Å². The van der Waals surface area contributed by atoms with Crippen LogP contribution in [-0.4, -0.2) is 50.5 Å². The number of aldehydes is 1. The first kappa shape index (κ1) is 16.5. The standard InChI is InChI=1S/C20H24N2O2/c1-17-6-2-4-8-19(17)22-12-10-21(11-13-22)14-15-24-20-9-5-3-7-18(20)16-23/h2-9,16H,10-15H2,1H3. The molecule has 4 nitrogen and oxygen atoms in total. The highest BCUT2D eigenvalue weighted by atomic mass is 16.5. The van der Waals surface area contributed by atoms with Crippen LogP contribution in [0.4, 0.5) is 5.69 Å². The van der Waals surface area contributed by atoms with Crippen molar-refractivity contribution < 1.29 is 9.53 Å². The summed E-state index contributed by atoms with van der Waals surface area (Å²) in [5.41, 5.74) is 3.29. The third-order valence-electron chi connectivity index (χ3n) is 4.54. The van der Waals surface area contributed by atoms with Gasteiger partial charge in [-0.05, 0) is 30.7 Å². The number of rotatable bonds is 6. The predicted molar refractivity (Wildman–Crippen MR) is 97.2 cm³/mol. The number of hydrogen-bond donors (Lipinski definition) is 0. The van der Waals surface area contributed by atoms with Gasteiger partial charge in [-0.3, -0.25) is 9.69 Å². The van der Waals surface area contributed by atoms with Gasteiger partial charge in [0.25, 0.3) is 0 Å². The van der Waals surface area contributed by atoms with E-state index in [1.54, 1.807) is 6.07 Å². The number of benzene rings is 2. The highest BCUT2D eigenvalue weighted by molar-refractivity contribution is 5.79. The van der Waals surface area contributed by atoms with Crippen molar-refractivity contribution in [3.05, 3.63) is 59.7 Å². The lowest BCUT2D eigenvalue weighted by Gasteiger charge is -2.36. The molecule has 0 unspecified atom stereocenters. The van der Waals surface area contributed by atoms with Gasteiger partial charge >= 0.3 is 0 Å². The lowest BCUT2D eigenvalue weighted by atomic mass is 10.1. The van der Waals surface area contributed by atoms with E-state index in [1.807, 2.05) is 18.2 Å². The van der Waals surface area contributed by atoms with Crippen molar-refractivity contribution in [2.45, 2.75) is 6.92 Å². The van der Waals surface area contributed by atoms with E-state index in [1.165, 1.54) is 11.3 Å². The average Bonchev–Trinajstić information content (AvgIpc) is 2.63. The zero-order valence-corrected chi connectivity index (χ0v) is 14.1. The zero-order valence-electron chi connectivity index (χ0n) is 14.1. The van der Waals surface area contributed by atoms with Crippen LogP contribution in [0.25, 0.3) is 0 Å². The molecule has 24 heavy (non-hydrogen) atoms. The molecule has 0 radical (unpaired) electrons. The van der Waals surface area contributed by atoms with Crippen molar-refractivity contribution in [2.24, 2.45) is 0 Å². The molecule has 4 heteroatoms. The molecule has 0 spiro atoms. The maximum absolute atomic E-state index is 11.0. The van der Waals surface area contributed by atoms with Gasteiger partial charge in [0, 0.05) is 38.4 Å². The molecule has 0 aromatic heterocycles. The summed E-state index contributed by atoms with van der Waals surface area (Å²) < 4.78 is 5.77. The van der Waals surface area contributed by atoms with Crippen molar-refractivity contribution in [3.8, 4) is 5.75 Å². The van der Waals surface area contributed by atoms with Crippen LogP contribution >= 0.6 is 0 Å². The maximum Gasteiger partial charge on any atom is 0.153 e. The van der Waals surface area contributed by atoms with Crippen LogP contribution in [0, 0.1) is 6.92 Å². The van der Waals surface area contributed by atoms with Gasteiger partial charge in [-0.15, -0.1) is 0 Å². The molecule has 126 valence electrons. The largest absolute Gasteiger partial charge is 0.492 e. The van der Waals surface area contributed by atoms with E-state index in [4.69, 9.17) is 4.74 Å². The van der Waals surface area contributed by atoms with Crippen molar-refractivity contribution in [1.29, 1.82) is 0 Å². The summed E-state index contributed by atoms with van der Waals surface area (Å²) in [6, 6.07) is 15.9. The van der Waals surface area contributed by atoms with E-state index in [2.05, 4.69) is 41.0 Å². The number of aryl methyl sites for hydroxylation is 1. The fourth-order valence-corrected chi connectivity index (χ4v) is 3.12. The van der Waals surface area contributed by atoms with Crippen LogP contribution in [0.3, 0.4) is 0 Å². The van der Waals surface area contributed by atoms with Crippen molar-refractivity contribution in [3.63, 3.8) is 0 Å². The van der Waals surface area contributed by atoms with Gasteiger partial charge in [0.1, 0.15) is 12.4 Å². The van der Waals surface area contributed by atoms with Crippen molar-refractivity contribution in [2.75, 3.05) is 44.2 Å². The number of piperazine rings is 1. The first-order chi connectivity index (χ1) is 11.8. The number of hydrogen-bond acceptors (Lipinski definition) is 4. The van der Waals surface area contributed by atoms with Gasteiger partial charge in [-0.1, -0.05) is 30.3 Å². The number of ether oxygens (including phenoxy) is 1. The second-order valence-corrected chi connectivity index (χ2v) is 6.12. The molecule has 1 saturated heterocycles. The molecule has 1 heterocycles. The Labute approximate surface area is 143 Å². The maximum atomic E-state index is 11.0. The molecule has 0 amide bonds. The van der Waals surface area contributed by atoms with Crippen LogP contribution in [0.2, 0.25) is 0 Å². The second kappa shape index (κ2) is 7.97. The smallest absolute Gasteiger partial charge is 0.153 e. The lowest BCUT2D eigenvalue weighted by molar-refractivity contribution is 0.111. The van der Waals surface area contributed by atoms with Gasteiger partial charge in [-0.2, -0.15) is 0 Å². The summed E-state index contributed by atoms with van der Waals surface area (Å²) >= 11 is 0. The highest BCUT2D eigenvalue weighted by Crippen LogP contribution is 2.21. The molecule has 0 aliphatic carbocycles. The molecule has 0 saturated carbocycles. The topological polar surface area (TPSA) is 32.8 Å². The normalized spacial score (nSPS) is 15.3. The molecule has 1 fully saturated rings. The molecule has 2 aromatic carbocycles. The molecule has 1 aliphatic heterocycles. The fourth-order valence-electron chi connectivity index (χ4n) is 3.12. The number of anilines is 1. The van der Waals surface area contributed by atoms with Crippen molar-refractivity contribution >= 4 is 12.0 Å². The van der Waals surface area contributed by atoms with Crippen LogP contribution in [0.5, 0.6) is 5.75 Å². The molecular weight excluding hydrogens is 300 g/mol. The fraction of sp³-hybridized carbons (Fsp3) is 0.350. The Morgan fingerprint density at radius 2 is 1.71 bits per heavy atom. The van der Waals surface area contributed by atoms with Crippen LogP contribution < -0.4 is 9.64 Å². The number of para-hydroxylation sites is 2. The molecule has 0 bridgehead atoms. The lowest BCUT2D eigenvalue weighted by Crippen LogP contribution is -2.47. The highest BCUT2D eigenvalue weighted by Gasteiger charge is 2.18. The SMILES string of the molecule is Cc1ccccc1N1CCN(CCOc2ccccc2C=O)CC1. The van der Waals surface area contributed by atoms with E-state index < -0.39 is 0 Å². The summed E-state index contributed by atoms with van der Waals surface area (Å²) in [7, 11) is 0. The first-order valence-corrected chi connectivity index (χ1v) is 8.48. The number of nitrogens with zero attached hydrogens (tertiary/aromatic N) is 2. The van der Waals surface area contributed by atoms with Crippen LogP contribution in [0.1, 0.15) is 15.9 Å². The molecule has 2 aromatic rings. The third kappa shape index (κ3) is 3.95. The quantitative estimate of drug-likeness (QED) is 0.765. The average molecular weight is 324 g/mol.